The number of hydrogen-bond acceptors (Lipinski definition) is 4. The number of anilines is 3. The molecule has 3 rings (SSSR count). The van der Waals surface area contributed by atoms with E-state index in [0.717, 1.165) is 17.8 Å². The number of alkyl halides is 3. The van der Waals surface area contributed by atoms with Crippen molar-refractivity contribution in [3.63, 3.8) is 0 Å². The van der Waals surface area contributed by atoms with Crippen molar-refractivity contribution in [1.82, 2.24) is 9.97 Å². The number of aromatic nitrogens is 2. The van der Waals surface area contributed by atoms with Crippen LogP contribution in [0.1, 0.15) is 5.82 Å². The molecular formula is C17H14F4N4. The third-order valence-corrected chi connectivity index (χ3v) is 3.54. The molecule has 0 aliphatic heterocycles. The maximum absolute atomic E-state index is 13.5. The fraction of sp³-hybridized carbons (Fsp3) is 0.176. The molecule has 2 aromatic carbocycles. The average Bonchev–Trinajstić information content (AvgIpc) is 2.54. The predicted molar refractivity (Wildman–Crippen MR) is 88.5 cm³/mol. The van der Waals surface area contributed by atoms with Crippen molar-refractivity contribution in [2.24, 2.45) is 0 Å². The summed E-state index contributed by atoms with van der Waals surface area (Å²) in [6, 6.07) is 10.4. The molecule has 0 radical (unpaired) electrons. The lowest BCUT2D eigenvalue weighted by molar-refractivity contribution is -0.144. The Labute approximate surface area is 141 Å². The molecule has 0 aliphatic rings. The number of halogens is 4. The molecule has 1 N–H and O–H groups in total. The summed E-state index contributed by atoms with van der Waals surface area (Å²) >= 11 is 0. The largest absolute Gasteiger partial charge is 0.451 e. The molecule has 0 aliphatic carbocycles. The molecule has 0 bridgehead atoms. The Morgan fingerprint density at radius 1 is 1.00 bits per heavy atom. The van der Waals surface area contributed by atoms with Crippen molar-refractivity contribution in [3.05, 3.63) is 54.1 Å². The van der Waals surface area contributed by atoms with Crippen LogP contribution in [0.2, 0.25) is 0 Å². The zero-order chi connectivity index (χ0) is 18.2. The van der Waals surface area contributed by atoms with E-state index in [1.165, 1.54) is 6.07 Å². The van der Waals surface area contributed by atoms with E-state index in [2.05, 4.69) is 15.3 Å². The highest BCUT2D eigenvalue weighted by atomic mass is 19.4. The maximum Gasteiger partial charge on any atom is 0.451 e. The Kier molecular flexibility index (Phi) is 4.20. The van der Waals surface area contributed by atoms with Gasteiger partial charge < -0.3 is 10.2 Å². The SMILES string of the molecule is CN(C)c1cccc(Nc2nc(C(F)(F)F)nc3ccc(F)cc23)c1. The minimum atomic E-state index is -4.70. The van der Waals surface area contributed by atoms with E-state index >= 15 is 0 Å². The Bertz CT molecular complexity index is 922. The van der Waals surface area contributed by atoms with Gasteiger partial charge in [0.15, 0.2) is 0 Å². The minimum absolute atomic E-state index is 0.00925. The molecule has 0 amide bonds. The summed E-state index contributed by atoms with van der Waals surface area (Å²) in [5.74, 6) is -1.97. The highest BCUT2D eigenvalue weighted by molar-refractivity contribution is 5.91. The number of benzene rings is 2. The van der Waals surface area contributed by atoms with E-state index in [-0.39, 0.29) is 16.7 Å². The van der Waals surface area contributed by atoms with Gasteiger partial charge in [-0.3, -0.25) is 0 Å². The van der Waals surface area contributed by atoms with Gasteiger partial charge in [-0.1, -0.05) is 6.07 Å². The molecule has 130 valence electrons. The first kappa shape index (κ1) is 16.9. The fourth-order valence-electron chi connectivity index (χ4n) is 2.32. The monoisotopic (exact) mass is 350 g/mol. The summed E-state index contributed by atoms with van der Waals surface area (Å²) in [6.07, 6.45) is -4.70. The first-order valence-corrected chi connectivity index (χ1v) is 7.33. The van der Waals surface area contributed by atoms with Gasteiger partial charge >= 0.3 is 6.18 Å². The Morgan fingerprint density at radius 2 is 1.76 bits per heavy atom. The molecule has 4 nitrogen and oxygen atoms in total. The van der Waals surface area contributed by atoms with Crippen LogP contribution in [0.4, 0.5) is 34.8 Å². The molecule has 1 aromatic heterocycles. The second-order valence-electron chi connectivity index (χ2n) is 5.62. The van der Waals surface area contributed by atoms with Gasteiger partial charge in [-0.15, -0.1) is 0 Å². The standard InChI is InChI=1S/C17H14F4N4/c1-25(2)12-5-3-4-11(9-12)22-15-13-8-10(18)6-7-14(13)23-16(24-15)17(19,20)21/h3-9H,1-2H3,(H,22,23,24). The third-order valence-electron chi connectivity index (χ3n) is 3.54. The van der Waals surface area contributed by atoms with Crippen LogP contribution < -0.4 is 10.2 Å². The van der Waals surface area contributed by atoms with Gasteiger partial charge in [0, 0.05) is 30.9 Å². The van der Waals surface area contributed by atoms with E-state index in [9.17, 15) is 17.6 Å². The summed E-state index contributed by atoms with van der Waals surface area (Å²) < 4.78 is 52.7. The molecule has 1 heterocycles. The highest BCUT2D eigenvalue weighted by Crippen LogP contribution is 2.32. The van der Waals surface area contributed by atoms with Crippen molar-refractivity contribution >= 4 is 28.1 Å². The number of fused-ring (bicyclic) bond motifs is 1. The summed E-state index contributed by atoms with van der Waals surface area (Å²) in [7, 11) is 3.69. The van der Waals surface area contributed by atoms with E-state index in [1.807, 2.05) is 25.1 Å². The smallest absolute Gasteiger partial charge is 0.378 e. The second-order valence-corrected chi connectivity index (χ2v) is 5.62. The van der Waals surface area contributed by atoms with Gasteiger partial charge in [0.1, 0.15) is 11.6 Å². The van der Waals surface area contributed by atoms with Crippen LogP contribution in [0.5, 0.6) is 0 Å². The lowest BCUT2D eigenvalue weighted by Gasteiger charge is -2.15. The van der Waals surface area contributed by atoms with Crippen LogP contribution >= 0.6 is 0 Å². The highest BCUT2D eigenvalue weighted by Gasteiger charge is 2.35. The lowest BCUT2D eigenvalue weighted by atomic mass is 10.2. The van der Waals surface area contributed by atoms with Gasteiger partial charge in [-0.25, -0.2) is 14.4 Å². The Balaban J connectivity index is 2.13. The van der Waals surface area contributed by atoms with Crippen molar-refractivity contribution in [2.45, 2.75) is 6.18 Å². The number of hydrogen-bond donors (Lipinski definition) is 1. The molecule has 25 heavy (non-hydrogen) atoms. The molecule has 3 aromatic rings. The molecule has 8 heteroatoms. The zero-order valence-corrected chi connectivity index (χ0v) is 13.4. The maximum atomic E-state index is 13.5. The van der Waals surface area contributed by atoms with Crippen LogP contribution in [-0.4, -0.2) is 24.1 Å². The van der Waals surface area contributed by atoms with Crippen LogP contribution in [0.15, 0.2) is 42.5 Å². The van der Waals surface area contributed by atoms with Crippen LogP contribution in [0.3, 0.4) is 0 Å². The molecular weight excluding hydrogens is 336 g/mol. The zero-order valence-electron chi connectivity index (χ0n) is 13.4. The van der Waals surface area contributed by atoms with E-state index in [0.29, 0.717) is 5.69 Å². The summed E-state index contributed by atoms with van der Waals surface area (Å²) in [5.41, 5.74) is 1.39. The first-order chi connectivity index (χ1) is 11.7. The van der Waals surface area contributed by atoms with Crippen molar-refractivity contribution in [3.8, 4) is 0 Å². The van der Waals surface area contributed by atoms with Crippen LogP contribution in [-0.2, 0) is 6.18 Å². The normalized spacial score (nSPS) is 11.6. The molecule has 0 saturated heterocycles. The van der Waals surface area contributed by atoms with Gasteiger partial charge in [0.2, 0.25) is 5.82 Å². The summed E-state index contributed by atoms with van der Waals surface area (Å²) in [5, 5.41) is 3.01. The van der Waals surface area contributed by atoms with Crippen LogP contribution in [0, 0.1) is 5.82 Å². The summed E-state index contributed by atoms with van der Waals surface area (Å²) in [6.45, 7) is 0. The molecule has 0 fully saturated rings. The van der Waals surface area contributed by atoms with Gasteiger partial charge in [0.25, 0.3) is 0 Å². The minimum Gasteiger partial charge on any atom is -0.378 e. The van der Waals surface area contributed by atoms with E-state index < -0.39 is 17.8 Å². The summed E-state index contributed by atoms with van der Waals surface area (Å²) in [4.78, 5) is 8.89. The lowest BCUT2D eigenvalue weighted by Crippen LogP contribution is -2.13. The van der Waals surface area contributed by atoms with Gasteiger partial charge in [-0.05, 0) is 36.4 Å². The van der Waals surface area contributed by atoms with Crippen molar-refractivity contribution in [2.75, 3.05) is 24.3 Å². The molecule has 0 saturated carbocycles. The van der Waals surface area contributed by atoms with Crippen molar-refractivity contribution in [1.29, 1.82) is 0 Å². The molecule has 0 unspecified atom stereocenters. The number of nitrogens with one attached hydrogen (secondary N) is 1. The number of nitrogens with zero attached hydrogens (tertiary/aromatic N) is 3. The quantitative estimate of drug-likeness (QED) is 0.701. The van der Waals surface area contributed by atoms with Crippen molar-refractivity contribution < 1.29 is 17.6 Å². The fourth-order valence-corrected chi connectivity index (χ4v) is 2.32. The van der Waals surface area contributed by atoms with Crippen LogP contribution in [0.25, 0.3) is 10.9 Å². The Morgan fingerprint density at radius 3 is 2.44 bits per heavy atom. The predicted octanol–water partition coefficient (Wildman–Crippen LogP) is 4.60. The first-order valence-electron chi connectivity index (χ1n) is 7.33. The van der Waals surface area contributed by atoms with E-state index in [1.54, 1.807) is 18.2 Å². The van der Waals surface area contributed by atoms with Gasteiger partial charge in [0.05, 0.1) is 5.52 Å². The number of rotatable bonds is 3. The second kappa shape index (κ2) is 6.19. The average molecular weight is 350 g/mol. The Hall–Kier alpha value is -2.90. The topological polar surface area (TPSA) is 41.0 Å². The van der Waals surface area contributed by atoms with E-state index in [4.69, 9.17) is 0 Å². The molecule has 0 atom stereocenters. The third kappa shape index (κ3) is 3.62. The molecule has 0 spiro atoms. The van der Waals surface area contributed by atoms with Gasteiger partial charge in [-0.2, -0.15) is 13.2 Å².